The third-order valence-corrected chi connectivity index (χ3v) is 4.98. The molecule has 5 nitrogen and oxygen atoms in total. The van der Waals surface area contributed by atoms with Gasteiger partial charge >= 0.3 is 5.97 Å². The van der Waals surface area contributed by atoms with E-state index >= 15 is 0 Å². The van der Waals surface area contributed by atoms with Crippen molar-refractivity contribution in [2.75, 3.05) is 10.7 Å². The van der Waals surface area contributed by atoms with Crippen LogP contribution in [0, 0.1) is 6.92 Å². The van der Waals surface area contributed by atoms with Crippen LogP contribution in [0.1, 0.15) is 18.9 Å². The highest BCUT2D eigenvalue weighted by Crippen LogP contribution is 2.35. The summed E-state index contributed by atoms with van der Waals surface area (Å²) in [7, 11) is 0. The molecule has 1 atom stereocenters. The maximum absolute atomic E-state index is 12.7. The monoisotopic (exact) mass is 330 g/mol. The van der Waals surface area contributed by atoms with Crippen LogP contribution in [0.3, 0.4) is 0 Å². The molecule has 0 aliphatic carbocycles. The van der Waals surface area contributed by atoms with E-state index in [0.717, 1.165) is 16.3 Å². The number of nitrogens with zero attached hydrogens (tertiary/aromatic N) is 2. The molecule has 6 heteroatoms. The van der Waals surface area contributed by atoms with E-state index in [2.05, 4.69) is 0 Å². The molecule has 0 fully saturated rings. The first-order chi connectivity index (χ1) is 11.0. The van der Waals surface area contributed by atoms with Crippen LogP contribution in [-0.4, -0.2) is 33.3 Å². The summed E-state index contributed by atoms with van der Waals surface area (Å²) in [6, 6.07) is 8.83. The number of amides is 1. The summed E-state index contributed by atoms with van der Waals surface area (Å²) in [4.78, 5) is 25.8. The fraction of sp³-hybridized carbons (Fsp3) is 0.294. The molecule has 1 unspecified atom stereocenters. The summed E-state index contributed by atoms with van der Waals surface area (Å²) in [5.41, 5.74) is 2.47. The van der Waals surface area contributed by atoms with Gasteiger partial charge < -0.3 is 9.67 Å². The normalized spacial score (nSPS) is 15.4. The zero-order chi connectivity index (χ0) is 16.6. The largest absolute Gasteiger partial charge is 0.480 e. The molecule has 1 aliphatic heterocycles. The maximum Gasteiger partial charge on any atom is 0.326 e. The number of aliphatic carboxylic acids is 1. The molecule has 0 spiro atoms. The van der Waals surface area contributed by atoms with Gasteiger partial charge in [-0.05, 0) is 43.2 Å². The lowest BCUT2D eigenvalue weighted by Gasteiger charge is -2.32. The molecule has 120 valence electrons. The van der Waals surface area contributed by atoms with Crippen molar-refractivity contribution >= 4 is 29.3 Å². The molecule has 0 radical (unpaired) electrons. The van der Waals surface area contributed by atoms with Gasteiger partial charge in [0.2, 0.25) is 5.91 Å². The number of carbonyl (C=O) groups excluding carboxylic acids is 1. The van der Waals surface area contributed by atoms with Crippen LogP contribution < -0.4 is 4.90 Å². The van der Waals surface area contributed by atoms with E-state index in [4.69, 9.17) is 0 Å². The van der Waals surface area contributed by atoms with Crippen molar-refractivity contribution in [1.82, 2.24) is 4.57 Å². The highest BCUT2D eigenvalue weighted by atomic mass is 32.2. The molecule has 1 aliphatic rings. The van der Waals surface area contributed by atoms with Gasteiger partial charge in [0.05, 0.1) is 22.2 Å². The van der Waals surface area contributed by atoms with Gasteiger partial charge in [-0.25, -0.2) is 4.79 Å². The van der Waals surface area contributed by atoms with Crippen LogP contribution in [-0.2, 0) is 9.59 Å². The van der Waals surface area contributed by atoms with Gasteiger partial charge in [0.25, 0.3) is 0 Å². The number of hydrogen-bond donors (Lipinski definition) is 1. The molecule has 3 rings (SSSR count). The van der Waals surface area contributed by atoms with E-state index in [1.54, 1.807) is 6.92 Å². The van der Waals surface area contributed by atoms with Crippen LogP contribution in [0.15, 0.2) is 41.6 Å². The van der Waals surface area contributed by atoms with Crippen LogP contribution in [0.5, 0.6) is 0 Å². The van der Waals surface area contributed by atoms with Crippen LogP contribution in [0.2, 0.25) is 0 Å². The SMILES string of the molecule is CCC(C(=O)O)N1C(=O)CSc2cccn2-c2ccc(C)cc21. The highest BCUT2D eigenvalue weighted by Gasteiger charge is 2.33. The zero-order valence-corrected chi connectivity index (χ0v) is 13.8. The van der Waals surface area contributed by atoms with E-state index in [1.807, 2.05) is 48.0 Å². The van der Waals surface area contributed by atoms with Crippen molar-refractivity contribution in [2.24, 2.45) is 0 Å². The number of carboxylic acid groups (broad SMARTS) is 1. The van der Waals surface area contributed by atoms with E-state index in [0.29, 0.717) is 12.1 Å². The Labute approximate surface area is 138 Å². The van der Waals surface area contributed by atoms with E-state index in [1.165, 1.54) is 16.7 Å². The Hall–Kier alpha value is -2.21. The topological polar surface area (TPSA) is 62.5 Å². The van der Waals surface area contributed by atoms with Crippen molar-refractivity contribution < 1.29 is 14.7 Å². The quantitative estimate of drug-likeness (QED) is 0.939. The average molecular weight is 330 g/mol. The van der Waals surface area contributed by atoms with E-state index in [9.17, 15) is 14.7 Å². The average Bonchev–Trinajstić information content (AvgIpc) is 2.96. The standard InChI is InChI=1S/C17H18N2O3S/c1-3-12(17(21)22)19-14-9-11(2)6-7-13(14)18-8-4-5-16(18)23-10-15(19)20/h4-9,12H,3,10H2,1-2H3,(H,21,22). The van der Waals surface area contributed by atoms with Crippen molar-refractivity contribution in [3.63, 3.8) is 0 Å². The molecule has 1 aromatic carbocycles. The summed E-state index contributed by atoms with van der Waals surface area (Å²) >= 11 is 1.43. The molecule has 2 aromatic rings. The smallest absolute Gasteiger partial charge is 0.326 e. The first-order valence-corrected chi connectivity index (χ1v) is 8.47. The molecule has 0 saturated carbocycles. The fourth-order valence-corrected chi connectivity index (χ4v) is 3.74. The van der Waals surface area contributed by atoms with E-state index < -0.39 is 12.0 Å². The Balaban J connectivity index is 2.25. The summed E-state index contributed by atoms with van der Waals surface area (Å²) in [6.07, 6.45) is 2.30. The second-order valence-corrected chi connectivity index (χ2v) is 6.52. The first-order valence-electron chi connectivity index (χ1n) is 7.49. The molecule has 2 heterocycles. The Morgan fingerprint density at radius 1 is 1.35 bits per heavy atom. The Morgan fingerprint density at radius 3 is 2.83 bits per heavy atom. The van der Waals surface area contributed by atoms with Gasteiger partial charge in [-0.15, -0.1) is 0 Å². The summed E-state index contributed by atoms with van der Waals surface area (Å²) < 4.78 is 2.01. The van der Waals surface area contributed by atoms with Crippen LogP contribution in [0.4, 0.5) is 5.69 Å². The number of aryl methyl sites for hydroxylation is 1. The van der Waals surface area contributed by atoms with Crippen molar-refractivity contribution in [3.05, 3.63) is 42.1 Å². The minimum atomic E-state index is -0.980. The minimum Gasteiger partial charge on any atom is -0.480 e. The molecule has 1 aromatic heterocycles. The van der Waals surface area contributed by atoms with Gasteiger partial charge in [0.1, 0.15) is 6.04 Å². The van der Waals surface area contributed by atoms with Gasteiger partial charge in [-0.1, -0.05) is 24.8 Å². The number of benzene rings is 1. The maximum atomic E-state index is 12.7. The Bertz CT molecular complexity index is 769. The second kappa shape index (κ2) is 6.12. The minimum absolute atomic E-state index is 0.177. The second-order valence-electron chi connectivity index (χ2n) is 5.52. The molecular weight excluding hydrogens is 312 g/mol. The molecule has 1 N–H and O–H groups in total. The fourth-order valence-electron chi connectivity index (χ4n) is 2.86. The predicted molar refractivity (Wildman–Crippen MR) is 90.4 cm³/mol. The first kappa shape index (κ1) is 15.7. The number of rotatable bonds is 3. The molecule has 0 saturated heterocycles. The van der Waals surface area contributed by atoms with Crippen molar-refractivity contribution in [2.45, 2.75) is 31.3 Å². The van der Waals surface area contributed by atoms with Crippen LogP contribution >= 0.6 is 11.8 Å². The number of carboxylic acids is 1. The summed E-state index contributed by atoms with van der Waals surface area (Å²) in [5, 5.41) is 10.5. The number of fused-ring (bicyclic) bond motifs is 3. The third-order valence-electron chi connectivity index (χ3n) is 3.96. The molecular formula is C17H18N2O3S. The molecule has 1 amide bonds. The zero-order valence-electron chi connectivity index (χ0n) is 13.0. The Morgan fingerprint density at radius 2 is 2.13 bits per heavy atom. The van der Waals surface area contributed by atoms with Gasteiger partial charge in [0.15, 0.2) is 0 Å². The molecule has 0 bridgehead atoms. The lowest BCUT2D eigenvalue weighted by Crippen LogP contribution is -2.46. The number of carbonyl (C=O) groups is 2. The lowest BCUT2D eigenvalue weighted by molar-refractivity contribution is -0.140. The number of thioether (sulfide) groups is 1. The van der Waals surface area contributed by atoms with Gasteiger partial charge in [-0.2, -0.15) is 0 Å². The van der Waals surface area contributed by atoms with Gasteiger partial charge in [-0.3, -0.25) is 9.69 Å². The number of hydrogen-bond acceptors (Lipinski definition) is 3. The van der Waals surface area contributed by atoms with E-state index in [-0.39, 0.29) is 11.7 Å². The van der Waals surface area contributed by atoms with Gasteiger partial charge in [0, 0.05) is 6.20 Å². The summed E-state index contributed by atoms with van der Waals surface area (Å²) in [5.74, 6) is -0.934. The number of aromatic nitrogens is 1. The van der Waals surface area contributed by atoms with Crippen molar-refractivity contribution in [3.8, 4) is 5.69 Å². The number of anilines is 1. The summed E-state index contributed by atoms with van der Waals surface area (Å²) in [6.45, 7) is 3.73. The Kier molecular flexibility index (Phi) is 4.17. The predicted octanol–water partition coefficient (Wildman–Crippen LogP) is 3.09. The highest BCUT2D eigenvalue weighted by molar-refractivity contribution is 7.99. The van der Waals surface area contributed by atoms with Crippen LogP contribution in [0.25, 0.3) is 5.69 Å². The lowest BCUT2D eigenvalue weighted by atomic mass is 10.1. The molecule has 23 heavy (non-hydrogen) atoms. The van der Waals surface area contributed by atoms with Crippen molar-refractivity contribution in [1.29, 1.82) is 0 Å². The third kappa shape index (κ3) is 2.74.